The lowest BCUT2D eigenvalue weighted by atomic mass is 9.70. The minimum absolute atomic E-state index is 0.0682. The van der Waals surface area contributed by atoms with Gasteiger partial charge in [0, 0.05) is 11.8 Å². The Morgan fingerprint density at radius 1 is 0.783 bits per heavy atom. The summed E-state index contributed by atoms with van der Waals surface area (Å²) < 4.78 is 12.7. The van der Waals surface area contributed by atoms with Crippen LogP contribution in [0.3, 0.4) is 0 Å². The van der Waals surface area contributed by atoms with Gasteiger partial charge in [-0.05, 0) is 42.7 Å². The van der Waals surface area contributed by atoms with Gasteiger partial charge in [-0.15, -0.1) is 0 Å². The molecule has 2 aliphatic rings. The molecule has 2 rings (SSSR count). The summed E-state index contributed by atoms with van der Waals surface area (Å²) in [5.74, 6) is 0.632. The largest absolute Gasteiger partial charge is 0.347 e. The summed E-state index contributed by atoms with van der Waals surface area (Å²) in [5.41, 5.74) is 0. The van der Waals surface area contributed by atoms with E-state index >= 15 is 0 Å². The molecular weight excluding hydrogens is 303 g/mol. The number of hydrogen-bond acceptors (Lipinski definition) is 2. The van der Waals surface area contributed by atoms with Crippen molar-refractivity contribution in [3.63, 3.8) is 0 Å². The van der Waals surface area contributed by atoms with Crippen LogP contribution in [0.4, 0.5) is 0 Å². The molecule has 2 unspecified atom stereocenters. The molecule has 2 saturated heterocycles. The summed E-state index contributed by atoms with van der Waals surface area (Å²) >= 11 is 0. The van der Waals surface area contributed by atoms with Gasteiger partial charge in [0.25, 0.3) is 0 Å². The van der Waals surface area contributed by atoms with E-state index in [1.807, 2.05) is 13.8 Å². The summed E-state index contributed by atoms with van der Waals surface area (Å²) in [6.45, 7) is 22.4. The molecule has 0 amide bonds. The predicted octanol–water partition coefficient (Wildman–Crippen LogP) is 6.27. The van der Waals surface area contributed by atoms with Crippen molar-refractivity contribution < 1.29 is 9.47 Å². The van der Waals surface area contributed by atoms with Crippen LogP contribution in [-0.4, -0.2) is 36.0 Å². The summed E-state index contributed by atoms with van der Waals surface area (Å²) in [6.07, 6.45) is 4.98. The van der Waals surface area contributed by atoms with Crippen molar-refractivity contribution in [3.8, 4) is 0 Å². The smallest absolute Gasteiger partial charge is 0.175 e. The third kappa shape index (κ3) is 2.81. The fourth-order valence-corrected chi connectivity index (χ4v) is 10.1. The van der Waals surface area contributed by atoms with Crippen LogP contribution in [0.2, 0.25) is 0 Å². The summed E-state index contributed by atoms with van der Waals surface area (Å²) in [5, 5.41) is 0.774. The molecule has 0 bridgehead atoms. The molecule has 2 heterocycles. The standard InChI is InChI=1S/C18H35O2P.C2H6/c1-8-16(9-2)14(5)18(19-12-13-20-18)15(6)17(10-3,11-4)21(16)7;1-2/h14-15H,8-13H2,1-7H3;1-2H3. The van der Waals surface area contributed by atoms with Gasteiger partial charge in [0.05, 0.1) is 13.2 Å². The fourth-order valence-electron chi connectivity index (χ4n) is 5.77. The molecule has 23 heavy (non-hydrogen) atoms. The van der Waals surface area contributed by atoms with Crippen molar-refractivity contribution in [1.82, 2.24) is 0 Å². The van der Waals surface area contributed by atoms with Gasteiger partial charge < -0.3 is 9.47 Å². The Balaban J connectivity index is 0.00000127. The highest BCUT2D eigenvalue weighted by Gasteiger charge is 2.67. The molecule has 2 aliphatic heterocycles. The lowest BCUT2D eigenvalue weighted by molar-refractivity contribution is -0.245. The fraction of sp³-hybridized carbons (Fsp3) is 1.00. The lowest BCUT2D eigenvalue weighted by Gasteiger charge is -2.65. The van der Waals surface area contributed by atoms with E-state index < -0.39 is 0 Å². The van der Waals surface area contributed by atoms with Crippen LogP contribution < -0.4 is 0 Å². The van der Waals surface area contributed by atoms with E-state index in [0.717, 1.165) is 13.2 Å². The van der Waals surface area contributed by atoms with Crippen molar-refractivity contribution in [1.29, 1.82) is 0 Å². The molecule has 0 aromatic rings. The predicted molar refractivity (Wildman–Crippen MR) is 104 cm³/mol. The Morgan fingerprint density at radius 3 is 1.35 bits per heavy atom. The van der Waals surface area contributed by atoms with E-state index in [1.165, 1.54) is 25.7 Å². The average Bonchev–Trinajstić information content (AvgIpc) is 3.09. The lowest BCUT2D eigenvalue weighted by Crippen LogP contribution is -2.65. The molecule has 0 radical (unpaired) electrons. The molecule has 0 aromatic heterocycles. The zero-order valence-corrected chi connectivity index (χ0v) is 18.1. The molecule has 2 atom stereocenters. The highest BCUT2D eigenvalue weighted by atomic mass is 31.1. The van der Waals surface area contributed by atoms with Gasteiger partial charge in [0.2, 0.25) is 0 Å². The monoisotopic (exact) mass is 344 g/mol. The highest BCUT2D eigenvalue weighted by Crippen LogP contribution is 2.74. The van der Waals surface area contributed by atoms with Gasteiger partial charge in [0.1, 0.15) is 0 Å². The number of rotatable bonds is 4. The average molecular weight is 345 g/mol. The van der Waals surface area contributed by atoms with Gasteiger partial charge in [0.15, 0.2) is 5.79 Å². The first-order valence-electron chi connectivity index (χ1n) is 9.93. The van der Waals surface area contributed by atoms with Crippen LogP contribution in [0.25, 0.3) is 0 Å². The molecule has 0 aliphatic carbocycles. The molecule has 2 fully saturated rings. The minimum atomic E-state index is -0.340. The second kappa shape index (κ2) is 8.15. The van der Waals surface area contributed by atoms with Crippen molar-refractivity contribution in [2.24, 2.45) is 11.8 Å². The summed E-state index contributed by atoms with van der Waals surface area (Å²) in [4.78, 5) is 0. The van der Waals surface area contributed by atoms with Crippen molar-refractivity contribution in [2.45, 2.75) is 97.2 Å². The molecule has 0 N–H and O–H groups in total. The minimum Gasteiger partial charge on any atom is -0.347 e. The zero-order valence-electron chi connectivity index (χ0n) is 17.2. The van der Waals surface area contributed by atoms with Crippen LogP contribution >= 0.6 is 7.92 Å². The van der Waals surface area contributed by atoms with Gasteiger partial charge in [-0.3, -0.25) is 0 Å². The van der Waals surface area contributed by atoms with Gasteiger partial charge >= 0.3 is 0 Å². The Labute approximate surface area is 146 Å². The Bertz CT molecular complexity index is 304. The topological polar surface area (TPSA) is 18.5 Å². The first-order chi connectivity index (χ1) is 10.9. The van der Waals surface area contributed by atoms with Crippen molar-refractivity contribution >= 4 is 7.92 Å². The van der Waals surface area contributed by atoms with E-state index in [1.54, 1.807) is 0 Å². The third-order valence-electron chi connectivity index (χ3n) is 7.34. The summed E-state index contributed by atoms with van der Waals surface area (Å²) in [6, 6.07) is 0. The molecular formula is C20H41O2P. The van der Waals surface area contributed by atoms with Gasteiger partial charge in [-0.2, -0.15) is 0 Å². The van der Waals surface area contributed by atoms with E-state index in [-0.39, 0.29) is 13.7 Å². The summed E-state index contributed by atoms with van der Waals surface area (Å²) in [7, 11) is -0.0682. The second-order valence-electron chi connectivity index (χ2n) is 7.04. The van der Waals surface area contributed by atoms with E-state index in [9.17, 15) is 0 Å². The quantitative estimate of drug-likeness (QED) is 0.559. The Morgan fingerprint density at radius 2 is 1.09 bits per heavy atom. The number of hydrogen-bond donors (Lipinski definition) is 0. The number of ether oxygens (including phenoxy) is 2. The zero-order chi connectivity index (χ0) is 17.9. The third-order valence-corrected chi connectivity index (χ3v) is 12.1. The maximum atomic E-state index is 6.36. The first kappa shape index (κ1) is 21.4. The van der Waals surface area contributed by atoms with E-state index in [2.05, 4.69) is 48.2 Å². The molecule has 1 spiro atoms. The first-order valence-corrected chi connectivity index (χ1v) is 11.7. The molecule has 138 valence electrons. The van der Waals surface area contributed by atoms with E-state index in [0.29, 0.717) is 22.1 Å². The van der Waals surface area contributed by atoms with Crippen molar-refractivity contribution in [3.05, 3.63) is 0 Å². The van der Waals surface area contributed by atoms with E-state index in [4.69, 9.17) is 9.47 Å². The Hall–Kier alpha value is 0.350. The highest BCUT2D eigenvalue weighted by molar-refractivity contribution is 7.60. The molecule has 2 nitrogen and oxygen atoms in total. The molecule has 0 aromatic carbocycles. The Kier molecular flexibility index (Phi) is 7.58. The van der Waals surface area contributed by atoms with Gasteiger partial charge in [-0.25, -0.2) is 0 Å². The SMILES string of the molecule is CC.CCC1(CC)C(C)C2(OCCO2)C(C)C(CC)(CC)P1C. The normalized spacial score (nSPS) is 34.0. The molecule has 3 heteroatoms. The maximum absolute atomic E-state index is 6.36. The second-order valence-corrected chi connectivity index (χ2v) is 9.94. The van der Waals surface area contributed by atoms with Crippen LogP contribution in [0.1, 0.15) is 81.1 Å². The van der Waals surface area contributed by atoms with Crippen LogP contribution in [0.15, 0.2) is 0 Å². The maximum Gasteiger partial charge on any atom is 0.175 e. The molecule has 0 saturated carbocycles. The van der Waals surface area contributed by atoms with Gasteiger partial charge in [-0.1, -0.05) is 63.3 Å². The van der Waals surface area contributed by atoms with Crippen LogP contribution in [0, 0.1) is 11.8 Å². The van der Waals surface area contributed by atoms with Crippen LogP contribution in [-0.2, 0) is 9.47 Å². The van der Waals surface area contributed by atoms with Crippen molar-refractivity contribution in [2.75, 3.05) is 19.9 Å². The van der Waals surface area contributed by atoms with Crippen LogP contribution in [0.5, 0.6) is 0 Å².